The Hall–Kier alpha value is -1.15. The minimum absolute atomic E-state index is 0.202. The molecule has 0 radical (unpaired) electrons. The van der Waals surface area contributed by atoms with E-state index in [-0.39, 0.29) is 5.82 Å². The van der Waals surface area contributed by atoms with Crippen LogP contribution in [0.15, 0.2) is 46.9 Å². The number of rotatable bonds is 1. The van der Waals surface area contributed by atoms with Crippen molar-refractivity contribution in [1.29, 1.82) is 0 Å². The van der Waals surface area contributed by atoms with Crippen molar-refractivity contribution in [2.24, 2.45) is 0 Å². The molecule has 0 aliphatic carbocycles. The van der Waals surface area contributed by atoms with Crippen LogP contribution in [0.3, 0.4) is 0 Å². The molecule has 15 heavy (non-hydrogen) atoms. The van der Waals surface area contributed by atoms with Crippen molar-refractivity contribution < 1.29 is 4.39 Å². The molecule has 76 valence electrons. The average Bonchev–Trinajstić information content (AvgIpc) is 2.23. The molecule has 0 N–H and O–H groups in total. The summed E-state index contributed by atoms with van der Waals surface area (Å²) < 4.78 is 14.1. The molecule has 0 amide bonds. The third-order valence-corrected chi connectivity index (χ3v) is 3.06. The fourth-order valence-electron chi connectivity index (χ4n) is 1.56. The lowest BCUT2D eigenvalue weighted by atomic mass is 10.0. The molecular weight excluding hydrogens is 255 g/mol. The van der Waals surface area contributed by atoms with Gasteiger partial charge in [-0.15, -0.1) is 0 Å². The lowest BCUT2D eigenvalue weighted by Crippen LogP contribution is -1.86. The maximum absolute atomic E-state index is 13.1. The van der Waals surface area contributed by atoms with Crippen LogP contribution in [0.25, 0.3) is 11.1 Å². The largest absolute Gasteiger partial charge is 0.207 e. The Balaban J connectivity index is 2.64. The molecule has 0 saturated carbocycles. The highest BCUT2D eigenvalue weighted by Crippen LogP contribution is 2.30. The van der Waals surface area contributed by atoms with E-state index in [4.69, 9.17) is 0 Å². The highest BCUT2D eigenvalue weighted by atomic mass is 79.9. The first-order valence-corrected chi connectivity index (χ1v) is 5.49. The number of benzene rings is 2. The van der Waals surface area contributed by atoms with Gasteiger partial charge in [-0.25, -0.2) is 4.39 Å². The van der Waals surface area contributed by atoms with Crippen molar-refractivity contribution in [2.45, 2.75) is 6.92 Å². The molecule has 0 unspecified atom stereocenters. The van der Waals surface area contributed by atoms with Gasteiger partial charge in [0.05, 0.1) is 0 Å². The standard InChI is InChI=1S/C13H10BrF/c1-9-6-7-10(15)8-12(9)11-4-2-3-5-13(11)14/h2-8H,1H3. The molecule has 0 aliphatic rings. The molecule has 2 rings (SSSR count). The molecule has 2 aromatic carbocycles. The summed E-state index contributed by atoms with van der Waals surface area (Å²) in [6.07, 6.45) is 0. The molecular formula is C13H10BrF. The van der Waals surface area contributed by atoms with Crippen molar-refractivity contribution in [1.82, 2.24) is 0 Å². The molecule has 0 heterocycles. The third kappa shape index (κ3) is 2.10. The summed E-state index contributed by atoms with van der Waals surface area (Å²) in [7, 11) is 0. The topological polar surface area (TPSA) is 0 Å². The zero-order valence-electron chi connectivity index (χ0n) is 8.30. The minimum atomic E-state index is -0.202. The summed E-state index contributed by atoms with van der Waals surface area (Å²) in [6, 6.07) is 12.7. The van der Waals surface area contributed by atoms with Crippen LogP contribution >= 0.6 is 15.9 Å². The van der Waals surface area contributed by atoms with E-state index in [0.717, 1.165) is 21.2 Å². The Morgan fingerprint density at radius 3 is 2.47 bits per heavy atom. The molecule has 0 bridgehead atoms. The predicted octanol–water partition coefficient (Wildman–Crippen LogP) is 4.56. The van der Waals surface area contributed by atoms with Gasteiger partial charge >= 0.3 is 0 Å². The van der Waals surface area contributed by atoms with Crippen molar-refractivity contribution in [3.05, 3.63) is 58.3 Å². The number of hydrogen-bond acceptors (Lipinski definition) is 0. The van der Waals surface area contributed by atoms with Gasteiger partial charge in [0.25, 0.3) is 0 Å². The fourth-order valence-corrected chi connectivity index (χ4v) is 2.06. The molecule has 0 atom stereocenters. The summed E-state index contributed by atoms with van der Waals surface area (Å²) in [4.78, 5) is 0. The maximum Gasteiger partial charge on any atom is 0.123 e. The van der Waals surface area contributed by atoms with E-state index < -0.39 is 0 Å². The van der Waals surface area contributed by atoms with Gasteiger partial charge in [0, 0.05) is 4.47 Å². The van der Waals surface area contributed by atoms with Gasteiger partial charge < -0.3 is 0 Å². The number of hydrogen-bond donors (Lipinski definition) is 0. The summed E-state index contributed by atoms with van der Waals surface area (Å²) in [5, 5.41) is 0. The van der Waals surface area contributed by atoms with E-state index in [1.54, 1.807) is 12.1 Å². The van der Waals surface area contributed by atoms with Gasteiger partial charge in [0.1, 0.15) is 5.82 Å². The summed E-state index contributed by atoms with van der Waals surface area (Å²) in [6.45, 7) is 1.98. The van der Waals surface area contributed by atoms with E-state index >= 15 is 0 Å². The molecule has 0 aromatic heterocycles. The fraction of sp³-hybridized carbons (Fsp3) is 0.0769. The van der Waals surface area contributed by atoms with Gasteiger partial charge in [0.15, 0.2) is 0 Å². The highest BCUT2D eigenvalue weighted by Gasteiger charge is 2.06. The second-order valence-corrected chi connectivity index (χ2v) is 4.29. The normalized spacial score (nSPS) is 10.3. The summed E-state index contributed by atoms with van der Waals surface area (Å²) >= 11 is 3.47. The van der Waals surface area contributed by atoms with Gasteiger partial charge in [-0.2, -0.15) is 0 Å². The van der Waals surface area contributed by atoms with Crippen LogP contribution in [-0.4, -0.2) is 0 Å². The molecule has 2 aromatic rings. The van der Waals surface area contributed by atoms with Crippen molar-refractivity contribution in [3.8, 4) is 11.1 Å². The van der Waals surface area contributed by atoms with Crippen LogP contribution in [0.1, 0.15) is 5.56 Å². The molecule has 0 nitrogen and oxygen atoms in total. The number of aryl methyl sites for hydroxylation is 1. The zero-order chi connectivity index (χ0) is 10.8. The van der Waals surface area contributed by atoms with Crippen LogP contribution in [-0.2, 0) is 0 Å². The second-order valence-electron chi connectivity index (χ2n) is 3.44. The van der Waals surface area contributed by atoms with Gasteiger partial charge in [0.2, 0.25) is 0 Å². The van der Waals surface area contributed by atoms with Gasteiger partial charge in [-0.3, -0.25) is 0 Å². The monoisotopic (exact) mass is 264 g/mol. The highest BCUT2D eigenvalue weighted by molar-refractivity contribution is 9.10. The second kappa shape index (κ2) is 4.15. The van der Waals surface area contributed by atoms with Crippen molar-refractivity contribution >= 4 is 15.9 Å². The zero-order valence-corrected chi connectivity index (χ0v) is 9.88. The number of halogens is 2. The maximum atomic E-state index is 13.1. The van der Waals surface area contributed by atoms with E-state index in [1.807, 2.05) is 31.2 Å². The Labute approximate surface area is 96.9 Å². The van der Waals surface area contributed by atoms with E-state index in [2.05, 4.69) is 15.9 Å². The average molecular weight is 265 g/mol. The van der Waals surface area contributed by atoms with Crippen LogP contribution in [0.5, 0.6) is 0 Å². The summed E-state index contributed by atoms with van der Waals surface area (Å²) in [5.74, 6) is -0.202. The summed E-state index contributed by atoms with van der Waals surface area (Å²) in [5.41, 5.74) is 3.03. The first-order chi connectivity index (χ1) is 7.18. The van der Waals surface area contributed by atoms with Crippen LogP contribution in [0.2, 0.25) is 0 Å². The van der Waals surface area contributed by atoms with Crippen LogP contribution in [0.4, 0.5) is 4.39 Å². The van der Waals surface area contributed by atoms with Gasteiger partial charge in [-0.05, 0) is 41.8 Å². The molecule has 2 heteroatoms. The van der Waals surface area contributed by atoms with Crippen LogP contribution in [0, 0.1) is 12.7 Å². The minimum Gasteiger partial charge on any atom is -0.207 e. The Kier molecular flexibility index (Phi) is 2.87. The van der Waals surface area contributed by atoms with Crippen molar-refractivity contribution in [3.63, 3.8) is 0 Å². The van der Waals surface area contributed by atoms with E-state index in [9.17, 15) is 4.39 Å². The predicted molar refractivity (Wildman–Crippen MR) is 64.3 cm³/mol. The van der Waals surface area contributed by atoms with E-state index in [0.29, 0.717) is 0 Å². The first kappa shape index (κ1) is 10.4. The Bertz CT molecular complexity index is 492. The SMILES string of the molecule is Cc1ccc(F)cc1-c1ccccc1Br. The molecule has 0 saturated heterocycles. The Morgan fingerprint density at radius 2 is 1.73 bits per heavy atom. The van der Waals surface area contributed by atoms with Crippen molar-refractivity contribution in [2.75, 3.05) is 0 Å². The Morgan fingerprint density at radius 1 is 1.00 bits per heavy atom. The third-order valence-electron chi connectivity index (χ3n) is 2.36. The first-order valence-electron chi connectivity index (χ1n) is 4.69. The van der Waals surface area contributed by atoms with Gasteiger partial charge in [-0.1, -0.05) is 40.2 Å². The lowest BCUT2D eigenvalue weighted by molar-refractivity contribution is 0.628. The van der Waals surface area contributed by atoms with E-state index in [1.165, 1.54) is 6.07 Å². The van der Waals surface area contributed by atoms with Crippen LogP contribution < -0.4 is 0 Å². The molecule has 0 fully saturated rings. The lowest BCUT2D eigenvalue weighted by Gasteiger charge is -2.07. The molecule has 0 spiro atoms. The quantitative estimate of drug-likeness (QED) is 0.708. The molecule has 0 aliphatic heterocycles. The smallest absolute Gasteiger partial charge is 0.123 e.